The predicted molar refractivity (Wildman–Crippen MR) is 117 cm³/mol. The van der Waals surface area contributed by atoms with Crippen molar-refractivity contribution in [2.45, 2.75) is 19.4 Å². The highest BCUT2D eigenvalue weighted by Crippen LogP contribution is 2.30. The molecule has 148 valence electrons. The summed E-state index contributed by atoms with van der Waals surface area (Å²) in [6.07, 6.45) is 1.47. The quantitative estimate of drug-likeness (QED) is 0.659. The van der Waals surface area contributed by atoms with E-state index in [1.807, 2.05) is 42.5 Å². The summed E-state index contributed by atoms with van der Waals surface area (Å²) >= 11 is 9.09. The minimum Gasteiger partial charge on any atom is -0.493 e. The third kappa shape index (κ3) is 5.02. The molecule has 0 radical (unpaired) electrons. The number of carbonyl (C=O) groups is 1. The van der Waals surface area contributed by atoms with E-state index in [1.165, 1.54) is 0 Å². The van der Waals surface area contributed by atoms with Gasteiger partial charge in [0.25, 0.3) is 0 Å². The molecule has 0 aliphatic carbocycles. The summed E-state index contributed by atoms with van der Waals surface area (Å²) in [7, 11) is 1.62. The van der Waals surface area contributed by atoms with Gasteiger partial charge in [-0.05, 0) is 48.7 Å². The molecule has 1 saturated heterocycles. The number of thiocarbonyl (C=S) groups is 1. The van der Waals surface area contributed by atoms with E-state index < -0.39 is 0 Å². The van der Waals surface area contributed by atoms with Crippen molar-refractivity contribution in [3.63, 3.8) is 0 Å². The van der Waals surface area contributed by atoms with Gasteiger partial charge in [0.2, 0.25) is 5.91 Å². The SMILES string of the molecule is COc1cc(C(=S)N2CCC(C(N)=O)CC2)ccc1OCc1ccc(Br)cc1. The first-order valence-electron chi connectivity index (χ1n) is 9.12. The second-order valence-electron chi connectivity index (χ2n) is 6.75. The first kappa shape index (κ1) is 20.6. The highest BCUT2D eigenvalue weighted by Gasteiger charge is 2.25. The maximum atomic E-state index is 11.3. The predicted octanol–water partition coefficient (Wildman–Crippen LogP) is 3.91. The van der Waals surface area contributed by atoms with Crippen LogP contribution in [0.2, 0.25) is 0 Å². The standard InChI is InChI=1S/C21H23BrN2O3S/c1-26-19-12-16(21(28)24-10-8-15(9-11-24)20(23)25)4-7-18(19)27-13-14-2-5-17(22)6-3-14/h2-7,12,15H,8-11,13H2,1H3,(H2,23,25). The summed E-state index contributed by atoms with van der Waals surface area (Å²) in [6.45, 7) is 1.92. The number of nitrogens with two attached hydrogens (primary N) is 1. The first-order chi connectivity index (χ1) is 13.5. The van der Waals surface area contributed by atoms with Crippen molar-refractivity contribution >= 4 is 39.0 Å². The van der Waals surface area contributed by atoms with Crippen LogP contribution in [0.15, 0.2) is 46.9 Å². The molecule has 0 atom stereocenters. The summed E-state index contributed by atoms with van der Waals surface area (Å²) in [6, 6.07) is 13.7. The minimum absolute atomic E-state index is 0.0528. The molecule has 1 heterocycles. The van der Waals surface area contributed by atoms with E-state index in [0.29, 0.717) is 18.1 Å². The smallest absolute Gasteiger partial charge is 0.220 e. The van der Waals surface area contributed by atoms with Gasteiger partial charge in [0, 0.05) is 29.0 Å². The Balaban J connectivity index is 1.66. The average Bonchev–Trinajstić information content (AvgIpc) is 2.72. The van der Waals surface area contributed by atoms with Crippen LogP contribution in [0.5, 0.6) is 11.5 Å². The maximum absolute atomic E-state index is 11.3. The second-order valence-corrected chi connectivity index (χ2v) is 8.05. The van der Waals surface area contributed by atoms with Crippen LogP contribution < -0.4 is 15.2 Å². The van der Waals surface area contributed by atoms with E-state index in [2.05, 4.69) is 20.8 Å². The minimum atomic E-state index is -0.223. The molecule has 2 aromatic carbocycles. The average molecular weight is 463 g/mol. The lowest BCUT2D eigenvalue weighted by Crippen LogP contribution is -2.41. The van der Waals surface area contributed by atoms with Gasteiger partial charge in [-0.15, -0.1) is 0 Å². The number of carbonyl (C=O) groups excluding carboxylic acids is 1. The molecule has 1 aliphatic heterocycles. The van der Waals surface area contributed by atoms with Crippen LogP contribution in [-0.2, 0) is 11.4 Å². The molecule has 1 amide bonds. The van der Waals surface area contributed by atoms with Crippen molar-refractivity contribution in [3.8, 4) is 11.5 Å². The Kier molecular flexibility index (Phi) is 6.91. The van der Waals surface area contributed by atoms with E-state index in [9.17, 15) is 4.79 Å². The molecule has 0 aromatic heterocycles. The van der Waals surface area contributed by atoms with Gasteiger partial charge in [-0.3, -0.25) is 4.79 Å². The molecule has 28 heavy (non-hydrogen) atoms. The van der Waals surface area contributed by atoms with Crippen LogP contribution in [0.4, 0.5) is 0 Å². The third-order valence-corrected chi connectivity index (χ3v) is 5.93. The number of methoxy groups -OCH3 is 1. The number of likely N-dealkylation sites (tertiary alicyclic amines) is 1. The topological polar surface area (TPSA) is 64.8 Å². The number of nitrogens with zero attached hydrogens (tertiary/aromatic N) is 1. The molecule has 1 fully saturated rings. The molecule has 3 rings (SSSR count). The van der Waals surface area contributed by atoms with Gasteiger partial charge in [-0.25, -0.2) is 0 Å². The van der Waals surface area contributed by atoms with E-state index in [-0.39, 0.29) is 11.8 Å². The lowest BCUT2D eigenvalue weighted by atomic mass is 9.96. The van der Waals surface area contributed by atoms with E-state index in [0.717, 1.165) is 46.5 Å². The van der Waals surface area contributed by atoms with Crippen molar-refractivity contribution in [1.29, 1.82) is 0 Å². The maximum Gasteiger partial charge on any atom is 0.220 e. The van der Waals surface area contributed by atoms with Crippen molar-refractivity contribution in [3.05, 3.63) is 58.1 Å². The zero-order chi connectivity index (χ0) is 20.1. The molecule has 5 nitrogen and oxygen atoms in total. The molecule has 0 bridgehead atoms. The van der Waals surface area contributed by atoms with Gasteiger partial charge in [-0.1, -0.05) is 40.3 Å². The van der Waals surface area contributed by atoms with Crippen LogP contribution in [0, 0.1) is 5.92 Å². The van der Waals surface area contributed by atoms with E-state index >= 15 is 0 Å². The summed E-state index contributed by atoms with van der Waals surface area (Å²) < 4.78 is 12.5. The number of hydrogen-bond donors (Lipinski definition) is 1. The molecule has 7 heteroatoms. The lowest BCUT2D eigenvalue weighted by Gasteiger charge is -2.32. The number of rotatable bonds is 6. The number of piperidine rings is 1. The molecule has 2 aromatic rings. The van der Waals surface area contributed by atoms with Crippen LogP contribution in [0.3, 0.4) is 0 Å². The second kappa shape index (κ2) is 9.39. The number of amides is 1. The molecular formula is C21H23BrN2O3S. The fourth-order valence-corrected chi connectivity index (χ4v) is 3.79. The van der Waals surface area contributed by atoms with E-state index in [4.69, 9.17) is 27.4 Å². The Morgan fingerprint density at radius 3 is 2.46 bits per heavy atom. The van der Waals surface area contributed by atoms with Crippen LogP contribution in [0.25, 0.3) is 0 Å². The summed E-state index contributed by atoms with van der Waals surface area (Å²) in [5.41, 5.74) is 7.38. The van der Waals surface area contributed by atoms with E-state index in [1.54, 1.807) is 7.11 Å². The number of ether oxygens (including phenoxy) is 2. The van der Waals surface area contributed by atoms with Crippen molar-refractivity contribution in [1.82, 2.24) is 4.90 Å². The van der Waals surface area contributed by atoms with Gasteiger partial charge < -0.3 is 20.1 Å². The van der Waals surface area contributed by atoms with Gasteiger partial charge in [0.05, 0.1) is 7.11 Å². The zero-order valence-corrected chi connectivity index (χ0v) is 18.1. The summed E-state index contributed by atoms with van der Waals surface area (Å²) in [5, 5.41) is 0. The van der Waals surface area contributed by atoms with Crippen LogP contribution >= 0.6 is 28.1 Å². The number of benzene rings is 2. The Morgan fingerprint density at radius 2 is 1.86 bits per heavy atom. The Labute approximate surface area is 178 Å². The summed E-state index contributed by atoms with van der Waals surface area (Å²) in [4.78, 5) is 14.2. The highest BCUT2D eigenvalue weighted by atomic mass is 79.9. The Hall–Kier alpha value is -2.12. The van der Waals surface area contributed by atoms with Crippen molar-refractivity contribution < 1.29 is 14.3 Å². The fraction of sp³-hybridized carbons (Fsp3) is 0.333. The van der Waals surface area contributed by atoms with Gasteiger partial charge >= 0.3 is 0 Å². The van der Waals surface area contributed by atoms with Crippen LogP contribution in [-0.4, -0.2) is 36.0 Å². The zero-order valence-electron chi connectivity index (χ0n) is 15.7. The lowest BCUT2D eigenvalue weighted by molar-refractivity contribution is -0.122. The summed E-state index contributed by atoms with van der Waals surface area (Å²) in [5.74, 6) is 1.04. The van der Waals surface area contributed by atoms with Gasteiger partial charge in [-0.2, -0.15) is 0 Å². The monoisotopic (exact) mass is 462 g/mol. The first-order valence-corrected chi connectivity index (χ1v) is 10.3. The third-order valence-electron chi connectivity index (χ3n) is 4.90. The number of primary amides is 1. The van der Waals surface area contributed by atoms with Gasteiger partial charge in [0.15, 0.2) is 11.5 Å². The normalized spacial score (nSPS) is 14.6. The molecule has 1 aliphatic rings. The van der Waals surface area contributed by atoms with Crippen molar-refractivity contribution in [2.24, 2.45) is 11.7 Å². The fourth-order valence-electron chi connectivity index (χ4n) is 3.21. The Bertz CT molecular complexity index is 849. The highest BCUT2D eigenvalue weighted by molar-refractivity contribution is 9.10. The Morgan fingerprint density at radius 1 is 1.18 bits per heavy atom. The van der Waals surface area contributed by atoms with Crippen molar-refractivity contribution in [2.75, 3.05) is 20.2 Å². The van der Waals surface area contributed by atoms with Gasteiger partial charge in [0.1, 0.15) is 11.6 Å². The molecule has 0 spiro atoms. The molecule has 2 N–H and O–H groups in total. The number of hydrogen-bond acceptors (Lipinski definition) is 4. The molecular weight excluding hydrogens is 440 g/mol. The number of halogens is 1. The largest absolute Gasteiger partial charge is 0.493 e. The molecule has 0 unspecified atom stereocenters. The van der Waals surface area contributed by atoms with Crippen LogP contribution in [0.1, 0.15) is 24.0 Å². The molecule has 0 saturated carbocycles.